The Morgan fingerprint density at radius 3 is 2.58 bits per heavy atom. The van der Waals surface area contributed by atoms with Gasteiger partial charge in [0.05, 0.1) is 14.6 Å². The Hall–Kier alpha value is -2.14. The molecule has 1 aromatic heterocycles. The maximum atomic E-state index is 12.6. The van der Waals surface area contributed by atoms with E-state index in [1.165, 1.54) is 22.0 Å². The molecule has 6 heteroatoms. The van der Waals surface area contributed by atoms with Gasteiger partial charge < -0.3 is 4.57 Å². The van der Waals surface area contributed by atoms with E-state index >= 15 is 0 Å². The number of hydrogen-bond acceptors (Lipinski definition) is 3. The molecule has 0 fully saturated rings. The first-order chi connectivity index (χ1) is 12.4. The molecule has 0 spiro atoms. The molecule has 132 valence electrons. The SMILES string of the molecule is Cc1ccccc1C(=O)/C=c1\s/c(=C\c2cccc(Cl)c2Cl)c(=O)n1C. The summed E-state index contributed by atoms with van der Waals surface area (Å²) in [7, 11) is 1.65. The van der Waals surface area contributed by atoms with Crippen LogP contribution in [0.25, 0.3) is 12.2 Å². The van der Waals surface area contributed by atoms with E-state index in [1.54, 1.807) is 37.4 Å². The first kappa shape index (κ1) is 18.6. The third-order valence-electron chi connectivity index (χ3n) is 3.99. The van der Waals surface area contributed by atoms with Crippen LogP contribution in [0, 0.1) is 6.92 Å². The summed E-state index contributed by atoms with van der Waals surface area (Å²) in [5, 5.41) is 0.821. The Kier molecular flexibility index (Phi) is 5.47. The van der Waals surface area contributed by atoms with Gasteiger partial charge in [0.2, 0.25) is 0 Å². The number of Topliss-reactive ketones (excluding diaryl/α,β-unsaturated/α-hetero) is 1. The third-order valence-corrected chi connectivity index (χ3v) is 5.94. The molecule has 0 unspecified atom stereocenters. The average Bonchev–Trinajstić information content (AvgIpc) is 2.87. The summed E-state index contributed by atoms with van der Waals surface area (Å²) in [5.41, 5.74) is 1.99. The van der Waals surface area contributed by atoms with E-state index in [0.717, 1.165) is 5.56 Å². The van der Waals surface area contributed by atoms with E-state index in [0.29, 0.717) is 30.4 Å². The monoisotopic (exact) mass is 403 g/mol. The summed E-state index contributed by atoms with van der Waals surface area (Å²) in [6, 6.07) is 12.6. The normalized spacial score (nSPS) is 12.6. The Morgan fingerprint density at radius 2 is 1.85 bits per heavy atom. The number of carbonyl (C=O) groups excluding carboxylic acids is 1. The first-order valence-corrected chi connectivity index (χ1v) is 9.39. The van der Waals surface area contributed by atoms with E-state index in [4.69, 9.17) is 23.2 Å². The second-order valence-electron chi connectivity index (χ2n) is 5.78. The van der Waals surface area contributed by atoms with Crippen molar-refractivity contribution in [3.05, 3.63) is 88.7 Å². The van der Waals surface area contributed by atoms with Crippen molar-refractivity contribution in [3.8, 4) is 0 Å². The Morgan fingerprint density at radius 1 is 1.12 bits per heavy atom. The van der Waals surface area contributed by atoms with E-state index in [9.17, 15) is 9.59 Å². The van der Waals surface area contributed by atoms with Crippen molar-refractivity contribution in [1.29, 1.82) is 0 Å². The van der Waals surface area contributed by atoms with Gasteiger partial charge in [-0.1, -0.05) is 59.6 Å². The highest BCUT2D eigenvalue weighted by molar-refractivity contribution is 7.07. The largest absolute Gasteiger partial charge is 0.302 e. The second kappa shape index (κ2) is 7.62. The number of aryl methyl sites for hydroxylation is 1. The van der Waals surface area contributed by atoms with Crippen LogP contribution < -0.4 is 14.8 Å². The minimum atomic E-state index is -0.185. The van der Waals surface area contributed by atoms with Gasteiger partial charge in [-0.2, -0.15) is 0 Å². The number of ketones is 1. The van der Waals surface area contributed by atoms with Crippen LogP contribution in [0.1, 0.15) is 21.5 Å². The zero-order valence-electron chi connectivity index (χ0n) is 14.1. The molecule has 0 atom stereocenters. The summed E-state index contributed by atoms with van der Waals surface area (Å²) < 4.78 is 2.53. The Labute approximate surface area is 164 Å². The predicted octanol–water partition coefficient (Wildman–Crippen LogP) is 3.55. The summed E-state index contributed by atoms with van der Waals surface area (Å²) >= 11 is 13.5. The van der Waals surface area contributed by atoms with Crippen LogP contribution in [0.5, 0.6) is 0 Å². The number of rotatable bonds is 3. The summed E-state index contributed by atoms with van der Waals surface area (Å²) in [6.07, 6.45) is 3.18. The molecule has 1 heterocycles. The molecule has 0 saturated heterocycles. The molecule has 3 nitrogen and oxygen atoms in total. The average molecular weight is 404 g/mol. The highest BCUT2D eigenvalue weighted by Crippen LogP contribution is 2.25. The molecule has 0 saturated carbocycles. The number of thiazole rings is 1. The smallest absolute Gasteiger partial charge is 0.268 e. The Bertz CT molecular complexity index is 1180. The molecule has 0 aliphatic heterocycles. The lowest BCUT2D eigenvalue weighted by Crippen LogP contribution is -2.29. The van der Waals surface area contributed by atoms with Crippen molar-refractivity contribution < 1.29 is 4.79 Å². The highest BCUT2D eigenvalue weighted by Gasteiger charge is 2.08. The quantitative estimate of drug-likeness (QED) is 0.627. The van der Waals surface area contributed by atoms with Gasteiger partial charge in [0, 0.05) is 18.7 Å². The van der Waals surface area contributed by atoms with Crippen molar-refractivity contribution in [2.24, 2.45) is 7.05 Å². The maximum absolute atomic E-state index is 12.6. The van der Waals surface area contributed by atoms with Crippen molar-refractivity contribution >= 4 is 52.5 Å². The van der Waals surface area contributed by atoms with Gasteiger partial charge in [-0.25, -0.2) is 0 Å². The summed E-state index contributed by atoms with van der Waals surface area (Å²) in [5.74, 6) is -0.132. The van der Waals surface area contributed by atoms with Crippen LogP contribution in [0.3, 0.4) is 0 Å². The number of carbonyl (C=O) groups is 1. The molecule has 2 aromatic carbocycles. The number of benzene rings is 2. The van der Waals surface area contributed by atoms with Crippen LogP contribution in [0.4, 0.5) is 0 Å². The zero-order chi connectivity index (χ0) is 18.8. The molecular weight excluding hydrogens is 389 g/mol. The predicted molar refractivity (Wildman–Crippen MR) is 109 cm³/mol. The lowest BCUT2D eigenvalue weighted by Gasteiger charge is -1.99. The highest BCUT2D eigenvalue weighted by atomic mass is 35.5. The molecule has 0 N–H and O–H groups in total. The number of halogens is 2. The minimum Gasteiger partial charge on any atom is -0.302 e. The molecular formula is C20H15Cl2NO2S. The van der Waals surface area contributed by atoms with Gasteiger partial charge in [0.15, 0.2) is 5.78 Å². The molecule has 0 amide bonds. The van der Waals surface area contributed by atoms with Crippen LogP contribution in [-0.4, -0.2) is 10.4 Å². The third kappa shape index (κ3) is 3.68. The minimum absolute atomic E-state index is 0.132. The molecule has 0 bridgehead atoms. The fraction of sp³-hybridized carbons (Fsp3) is 0.100. The van der Waals surface area contributed by atoms with Crippen molar-refractivity contribution in [3.63, 3.8) is 0 Å². The molecule has 3 aromatic rings. The fourth-order valence-electron chi connectivity index (χ4n) is 2.52. The van der Waals surface area contributed by atoms with Crippen LogP contribution in [0.15, 0.2) is 47.3 Å². The van der Waals surface area contributed by atoms with Gasteiger partial charge in [0.1, 0.15) is 4.66 Å². The van der Waals surface area contributed by atoms with Gasteiger partial charge in [-0.3, -0.25) is 9.59 Å². The summed E-state index contributed by atoms with van der Waals surface area (Å²) in [6.45, 7) is 1.88. The number of nitrogens with zero attached hydrogens (tertiary/aromatic N) is 1. The van der Waals surface area contributed by atoms with E-state index in [2.05, 4.69) is 0 Å². The second-order valence-corrected chi connectivity index (χ2v) is 7.63. The fourth-order valence-corrected chi connectivity index (χ4v) is 3.90. The van der Waals surface area contributed by atoms with Crippen LogP contribution in [0.2, 0.25) is 10.0 Å². The van der Waals surface area contributed by atoms with Gasteiger partial charge in [0.25, 0.3) is 5.56 Å². The van der Waals surface area contributed by atoms with E-state index in [-0.39, 0.29) is 11.3 Å². The van der Waals surface area contributed by atoms with E-state index < -0.39 is 0 Å². The lowest BCUT2D eigenvalue weighted by atomic mass is 10.1. The maximum Gasteiger partial charge on any atom is 0.268 e. The molecule has 0 aliphatic rings. The molecule has 26 heavy (non-hydrogen) atoms. The topological polar surface area (TPSA) is 39.1 Å². The van der Waals surface area contributed by atoms with Crippen molar-refractivity contribution in [1.82, 2.24) is 4.57 Å². The molecule has 3 rings (SSSR count). The van der Waals surface area contributed by atoms with Gasteiger partial charge in [-0.15, -0.1) is 11.3 Å². The molecule has 0 radical (unpaired) electrons. The number of aromatic nitrogens is 1. The van der Waals surface area contributed by atoms with Crippen LogP contribution >= 0.6 is 34.5 Å². The molecule has 0 aliphatic carbocycles. The lowest BCUT2D eigenvalue weighted by molar-refractivity contribution is 0.106. The van der Waals surface area contributed by atoms with Gasteiger partial charge in [-0.05, 0) is 30.2 Å². The Balaban J connectivity index is 2.13. The van der Waals surface area contributed by atoms with Crippen molar-refractivity contribution in [2.75, 3.05) is 0 Å². The summed E-state index contributed by atoms with van der Waals surface area (Å²) in [4.78, 5) is 25.1. The number of hydrogen-bond donors (Lipinski definition) is 0. The standard InChI is InChI=1S/C20H15Cl2NO2S/c1-12-6-3-4-8-14(12)16(24)11-18-23(2)20(25)17(26-18)10-13-7-5-9-15(21)19(13)22/h3-11H,1-2H3/b17-10-,18-11-. The van der Waals surface area contributed by atoms with Crippen molar-refractivity contribution in [2.45, 2.75) is 6.92 Å². The van der Waals surface area contributed by atoms with E-state index in [1.807, 2.05) is 25.1 Å². The van der Waals surface area contributed by atoms with Gasteiger partial charge >= 0.3 is 0 Å². The zero-order valence-corrected chi connectivity index (χ0v) is 16.5. The first-order valence-electron chi connectivity index (χ1n) is 7.81. The van der Waals surface area contributed by atoms with Crippen LogP contribution in [-0.2, 0) is 7.05 Å².